The van der Waals surface area contributed by atoms with Crippen molar-refractivity contribution in [3.63, 3.8) is 0 Å². The summed E-state index contributed by atoms with van der Waals surface area (Å²) in [5.41, 5.74) is 2.02. The molecule has 0 aliphatic rings. The maximum atomic E-state index is 12.2. The van der Waals surface area contributed by atoms with Crippen molar-refractivity contribution >= 4 is 39.9 Å². The molecule has 0 aliphatic heterocycles. The highest BCUT2D eigenvalue weighted by atomic mass is 32.2. The number of anilines is 2. The van der Waals surface area contributed by atoms with Crippen LogP contribution in [-0.2, 0) is 9.53 Å². The largest absolute Gasteiger partial charge is 0.465 e. The van der Waals surface area contributed by atoms with Gasteiger partial charge < -0.3 is 10.1 Å². The molecule has 1 heterocycles. The highest BCUT2D eigenvalue weighted by Crippen LogP contribution is 2.35. The fourth-order valence-corrected chi connectivity index (χ4v) is 5.07. The Kier molecular flexibility index (Phi) is 10.0. The summed E-state index contributed by atoms with van der Waals surface area (Å²) in [4.78, 5) is 13.3. The van der Waals surface area contributed by atoms with Crippen LogP contribution < -0.4 is 5.32 Å². The number of nitrogens with one attached hydrogen (secondary N) is 1. The van der Waals surface area contributed by atoms with Gasteiger partial charge in [-0.3, -0.25) is 4.79 Å². The van der Waals surface area contributed by atoms with Crippen LogP contribution in [-0.4, -0.2) is 28.5 Å². The van der Waals surface area contributed by atoms with E-state index in [1.807, 2.05) is 48.5 Å². The van der Waals surface area contributed by atoms with Gasteiger partial charge >= 0.3 is 5.97 Å². The SMILES string of the molecule is CCCCC(CC)COC(=O)CCSc1ccccc1-c1nnc(Nc2ccccc2)s1. The van der Waals surface area contributed by atoms with Gasteiger partial charge in [-0.15, -0.1) is 22.0 Å². The number of rotatable bonds is 13. The standard InChI is InChI=1S/C25H31N3O2S2/c1-3-5-11-19(4-2)18-30-23(29)16-17-31-22-15-10-9-14-21(22)24-27-28-25(32-24)26-20-12-7-6-8-13-20/h6-10,12-15,19H,3-5,11,16-18H2,1-2H3,(H,26,28). The fourth-order valence-electron chi connectivity index (χ4n) is 3.22. The molecule has 2 aromatic carbocycles. The van der Waals surface area contributed by atoms with Crippen LogP contribution in [0.4, 0.5) is 10.8 Å². The zero-order chi connectivity index (χ0) is 22.6. The van der Waals surface area contributed by atoms with Crippen molar-refractivity contribution in [3.8, 4) is 10.6 Å². The second kappa shape index (κ2) is 13.2. The molecule has 0 radical (unpaired) electrons. The number of thioether (sulfide) groups is 1. The average Bonchev–Trinajstić information content (AvgIpc) is 3.28. The summed E-state index contributed by atoms with van der Waals surface area (Å²) in [6, 6.07) is 18.1. The van der Waals surface area contributed by atoms with E-state index in [-0.39, 0.29) is 5.97 Å². The minimum Gasteiger partial charge on any atom is -0.465 e. The van der Waals surface area contributed by atoms with Crippen molar-refractivity contribution in [3.05, 3.63) is 54.6 Å². The first-order valence-electron chi connectivity index (χ1n) is 11.2. The Balaban J connectivity index is 1.52. The third-order valence-corrected chi connectivity index (χ3v) is 7.10. The summed E-state index contributed by atoms with van der Waals surface area (Å²) in [5.74, 6) is 1.04. The number of carbonyl (C=O) groups is 1. The molecule has 3 aromatic rings. The third kappa shape index (κ3) is 7.64. The van der Waals surface area contributed by atoms with E-state index in [1.165, 1.54) is 24.2 Å². The van der Waals surface area contributed by atoms with Gasteiger partial charge in [-0.1, -0.05) is 80.8 Å². The number of esters is 1. The Morgan fingerprint density at radius 1 is 1.09 bits per heavy atom. The lowest BCUT2D eigenvalue weighted by Gasteiger charge is -2.14. The van der Waals surface area contributed by atoms with E-state index in [9.17, 15) is 4.79 Å². The van der Waals surface area contributed by atoms with E-state index < -0.39 is 0 Å². The molecule has 1 unspecified atom stereocenters. The molecule has 7 heteroatoms. The van der Waals surface area contributed by atoms with Gasteiger partial charge in [0, 0.05) is 21.9 Å². The third-order valence-electron chi connectivity index (χ3n) is 5.15. The zero-order valence-electron chi connectivity index (χ0n) is 18.8. The van der Waals surface area contributed by atoms with Crippen LogP contribution >= 0.6 is 23.1 Å². The van der Waals surface area contributed by atoms with Crippen molar-refractivity contribution in [2.24, 2.45) is 5.92 Å². The van der Waals surface area contributed by atoms with Crippen molar-refractivity contribution < 1.29 is 9.53 Å². The topological polar surface area (TPSA) is 64.1 Å². The van der Waals surface area contributed by atoms with Crippen molar-refractivity contribution in [2.75, 3.05) is 17.7 Å². The van der Waals surface area contributed by atoms with Crippen molar-refractivity contribution in [1.82, 2.24) is 10.2 Å². The number of hydrogen-bond donors (Lipinski definition) is 1. The molecule has 0 fully saturated rings. The predicted octanol–water partition coefficient (Wildman–Crippen LogP) is 7.19. The van der Waals surface area contributed by atoms with Crippen LogP contribution in [0.15, 0.2) is 59.5 Å². The number of unbranched alkanes of at least 4 members (excludes halogenated alkanes) is 1. The van der Waals surface area contributed by atoms with Gasteiger partial charge in [0.15, 0.2) is 5.01 Å². The summed E-state index contributed by atoms with van der Waals surface area (Å²) in [6.07, 6.45) is 4.96. The first-order valence-corrected chi connectivity index (χ1v) is 13.0. The van der Waals surface area contributed by atoms with E-state index in [4.69, 9.17) is 4.74 Å². The molecule has 0 saturated carbocycles. The lowest BCUT2D eigenvalue weighted by atomic mass is 10.0. The van der Waals surface area contributed by atoms with Gasteiger partial charge in [0.05, 0.1) is 13.0 Å². The fraction of sp³-hybridized carbons (Fsp3) is 0.400. The molecule has 0 bridgehead atoms. The number of ether oxygens (including phenoxy) is 1. The number of hydrogen-bond acceptors (Lipinski definition) is 7. The minimum atomic E-state index is -0.116. The molecule has 5 nitrogen and oxygen atoms in total. The molecule has 1 N–H and O–H groups in total. The van der Waals surface area contributed by atoms with Crippen LogP contribution in [0.25, 0.3) is 10.6 Å². The molecule has 0 aliphatic carbocycles. The van der Waals surface area contributed by atoms with Crippen LogP contribution in [0.2, 0.25) is 0 Å². The Bertz CT molecular complexity index is 963. The average molecular weight is 470 g/mol. The van der Waals surface area contributed by atoms with Gasteiger partial charge in [0.2, 0.25) is 5.13 Å². The molecule has 1 atom stereocenters. The molecular weight excluding hydrogens is 438 g/mol. The Labute approximate surface area is 199 Å². The van der Waals surface area contributed by atoms with Crippen molar-refractivity contribution in [1.29, 1.82) is 0 Å². The molecule has 170 valence electrons. The van der Waals surface area contributed by atoms with E-state index in [2.05, 4.69) is 35.4 Å². The normalized spacial score (nSPS) is 11.8. The Morgan fingerprint density at radius 3 is 2.66 bits per heavy atom. The van der Waals surface area contributed by atoms with E-state index in [1.54, 1.807) is 11.8 Å². The lowest BCUT2D eigenvalue weighted by Crippen LogP contribution is -2.14. The molecule has 32 heavy (non-hydrogen) atoms. The van der Waals surface area contributed by atoms with Gasteiger partial charge in [-0.25, -0.2) is 0 Å². The summed E-state index contributed by atoms with van der Waals surface area (Å²) in [7, 11) is 0. The molecule has 1 aromatic heterocycles. The van der Waals surface area contributed by atoms with Gasteiger partial charge in [0.1, 0.15) is 0 Å². The predicted molar refractivity (Wildman–Crippen MR) is 135 cm³/mol. The van der Waals surface area contributed by atoms with Crippen LogP contribution in [0, 0.1) is 5.92 Å². The Hall–Kier alpha value is -2.38. The van der Waals surface area contributed by atoms with Crippen LogP contribution in [0.3, 0.4) is 0 Å². The van der Waals surface area contributed by atoms with Crippen LogP contribution in [0.1, 0.15) is 46.0 Å². The summed E-state index contributed by atoms with van der Waals surface area (Å²) in [5, 5.41) is 13.6. The number of carbonyl (C=O) groups excluding carboxylic acids is 1. The van der Waals surface area contributed by atoms with Gasteiger partial charge in [-0.2, -0.15) is 0 Å². The molecule has 0 saturated heterocycles. The highest BCUT2D eigenvalue weighted by molar-refractivity contribution is 7.99. The Morgan fingerprint density at radius 2 is 1.88 bits per heavy atom. The second-order valence-corrected chi connectivity index (χ2v) is 9.71. The number of nitrogens with zero attached hydrogens (tertiary/aromatic N) is 2. The summed E-state index contributed by atoms with van der Waals surface area (Å²) in [6.45, 7) is 4.89. The van der Waals surface area contributed by atoms with E-state index >= 15 is 0 Å². The molecular formula is C25H31N3O2S2. The number of aromatic nitrogens is 2. The molecule has 0 amide bonds. The number of para-hydroxylation sites is 1. The monoisotopic (exact) mass is 469 g/mol. The van der Waals surface area contributed by atoms with Gasteiger partial charge in [-0.05, 0) is 30.5 Å². The lowest BCUT2D eigenvalue weighted by molar-refractivity contribution is -0.144. The van der Waals surface area contributed by atoms with Crippen molar-refractivity contribution in [2.45, 2.75) is 50.8 Å². The van der Waals surface area contributed by atoms with E-state index in [0.717, 1.165) is 39.1 Å². The second-order valence-electron chi connectivity index (χ2n) is 7.60. The minimum absolute atomic E-state index is 0.116. The maximum Gasteiger partial charge on any atom is 0.306 e. The first-order chi connectivity index (χ1) is 15.7. The molecule has 3 rings (SSSR count). The quantitative estimate of drug-likeness (QED) is 0.211. The number of benzene rings is 2. The highest BCUT2D eigenvalue weighted by Gasteiger charge is 2.13. The maximum absolute atomic E-state index is 12.2. The van der Waals surface area contributed by atoms with E-state index in [0.29, 0.717) is 24.7 Å². The first kappa shape index (κ1) is 24.3. The summed E-state index contributed by atoms with van der Waals surface area (Å²) >= 11 is 3.17. The smallest absolute Gasteiger partial charge is 0.306 e. The summed E-state index contributed by atoms with van der Waals surface area (Å²) < 4.78 is 5.52. The van der Waals surface area contributed by atoms with Gasteiger partial charge in [0.25, 0.3) is 0 Å². The zero-order valence-corrected chi connectivity index (χ0v) is 20.4. The molecule has 0 spiro atoms. The van der Waals surface area contributed by atoms with Crippen LogP contribution in [0.5, 0.6) is 0 Å².